The van der Waals surface area contributed by atoms with Crippen LogP contribution in [0.25, 0.3) is 78.5 Å². The van der Waals surface area contributed by atoms with Crippen LogP contribution in [0.5, 0.6) is 63.2 Å². The minimum atomic E-state index is -0.992. The summed E-state index contributed by atoms with van der Waals surface area (Å²) >= 11 is 0. The van der Waals surface area contributed by atoms with Crippen LogP contribution in [0, 0.1) is 13.8 Å². The van der Waals surface area contributed by atoms with Crippen molar-refractivity contribution in [3.05, 3.63) is 82.4 Å². The Morgan fingerprint density at radius 1 is 0.448 bits per heavy atom. The molecule has 9 rings (SSSR count). The lowest BCUT2D eigenvalue weighted by molar-refractivity contribution is 0.357. The van der Waals surface area contributed by atoms with Gasteiger partial charge in [0.2, 0.25) is 5.75 Å². The smallest absolute Gasteiger partial charge is 0.203 e. The molecule has 0 fully saturated rings. The monoisotopic (exact) mass is 776 g/mol. The molecule has 2 heterocycles. The summed E-state index contributed by atoms with van der Waals surface area (Å²) in [5.74, 6) is -8.58. The molecule has 0 saturated carbocycles. The van der Waals surface area contributed by atoms with E-state index in [4.69, 9.17) is 7.85 Å². The van der Waals surface area contributed by atoms with Gasteiger partial charge >= 0.3 is 0 Å². The lowest BCUT2D eigenvalue weighted by Gasteiger charge is -2.21. The van der Waals surface area contributed by atoms with Crippen LogP contribution in [0.1, 0.15) is 24.0 Å². The average molecular weight is 777 g/mol. The highest BCUT2D eigenvalue weighted by Crippen LogP contribution is 2.56. The molecule has 1 aliphatic rings. The van der Waals surface area contributed by atoms with Gasteiger partial charge in [0.05, 0.1) is 27.5 Å². The van der Waals surface area contributed by atoms with E-state index in [1.807, 2.05) is 54.6 Å². The molecule has 13 nitrogen and oxygen atoms in total. The second-order valence-corrected chi connectivity index (χ2v) is 14.4. The van der Waals surface area contributed by atoms with Gasteiger partial charge in [0, 0.05) is 38.1 Å². The fraction of sp³-hybridized carbons (Fsp3) is 0.0909. The molecule has 0 aliphatic heterocycles. The van der Waals surface area contributed by atoms with E-state index in [-0.39, 0.29) is 22.5 Å². The predicted molar refractivity (Wildman–Crippen MR) is 219 cm³/mol. The Morgan fingerprint density at radius 3 is 1.62 bits per heavy atom. The van der Waals surface area contributed by atoms with Crippen molar-refractivity contribution in [3.63, 3.8) is 0 Å². The first-order valence-electron chi connectivity index (χ1n) is 18.0. The zero-order valence-electron chi connectivity index (χ0n) is 30.7. The lowest BCUT2D eigenvalue weighted by atomic mass is 9.82. The first kappa shape index (κ1) is 35.9. The third-order valence-corrected chi connectivity index (χ3v) is 11.3. The highest BCUT2D eigenvalue weighted by Gasteiger charge is 2.32. The summed E-state index contributed by atoms with van der Waals surface area (Å²) in [6.07, 6.45) is 5.18. The van der Waals surface area contributed by atoms with Crippen LogP contribution in [-0.2, 0) is 0 Å². The third-order valence-electron chi connectivity index (χ3n) is 11.3. The highest BCUT2D eigenvalue weighted by atomic mass is 16.3. The molecule has 6 aromatic carbocycles. The van der Waals surface area contributed by atoms with Crippen molar-refractivity contribution in [3.8, 4) is 96.9 Å². The summed E-state index contributed by atoms with van der Waals surface area (Å²) in [5.41, 5.74) is 0.731. The van der Waals surface area contributed by atoms with E-state index in [0.29, 0.717) is 40.1 Å². The number of aromatic hydroxyl groups is 11. The molecule has 14 heteroatoms. The number of phenols is 11. The summed E-state index contributed by atoms with van der Waals surface area (Å²) in [7, 11) is 6.04. The van der Waals surface area contributed by atoms with Crippen LogP contribution in [0.4, 0.5) is 0 Å². The van der Waals surface area contributed by atoms with Crippen molar-refractivity contribution in [2.45, 2.75) is 26.7 Å². The van der Waals surface area contributed by atoms with Crippen molar-refractivity contribution in [2.75, 3.05) is 0 Å². The summed E-state index contributed by atoms with van der Waals surface area (Å²) < 4.78 is 3.11. The fourth-order valence-corrected chi connectivity index (χ4v) is 8.27. The van der Waals surface area contributed by atoms with E-state index in [1.54, 1.807) is 22.8 Å². The maximum absolute atomic E-state index is 11.6. The Bertz CT molecular complexity index is 3200. The molecule has 288 valence electrons. The van der Waals surface area contributed by atoms with E-state index in [2.05, 4.69) is 0 Å². The van der Waals surface area contributed by atoms with Gasteiger partial charge in [0.1, 0.15) is 30.7 Å². The maximum Gasteiger partial charge on any atom is 0.203 e. The highest BCUT2D eigenvalue weighted by molar-refractivity contribution is 6.39. The van der Waals surface area contributed by atoms with Gasteiger partial charge in [-0.05, 0) is 73.6 Å². The van der Waals surface area contributed by atoms with E-state index in [0.717, 1.165) is 27.1 Å². The van der Waals surface area contributed by atoms with Crippen LogP contribution in [-0.4, -0.2) is 73.2 Å². The van der Waals surface area contributed by atoms with Crippen LogP contribution in [0.3, 0.4) is 0 Å². The van der Waals surface area contributed by atoms with Crippen LogP contribution >= 0.6 is 0 Å². The standard InChI is InChI=1S/C44H33BN2O11/c1-17-34(48)31(45)29(38(52)36(17)50)30-39(53)41(55)33(42(56)40(30)54)47-26-10-6-4-8-22(26)24-16-20(12-14-28(24)47)19-11-13-27-23(15-19)21-7-3-5-9-25(21)46(27)32-35(49)18(2)37(51)44(58)43(32)57/h3,5,7-16,48-58H,4,6H2,1-2H3. The lowest BCUT2D eigenvalue weighted by Crippen LogP contribution is -2.30. The Kier molecular flexibility index (Phi) is 7.67. The summed E-state index contributed by atoms with van der Waals surface area (Å²) in [6, 6.07) is 18.5. The summed E-state index contributed by atoms with van der Waals surface area (Å²) in [4.78, 5) is 0. The molecule has 8 aromatic rings. The summed E-state index contributed by atoms with van der Waals surface area (Å²) in [5, 5.41) is 124. The zero-order chi connectivity index (χ0) is 41.2. The van der Waals surface area contributed by atoms with Gasteiger partial charge in [-0.1, -0.05) is 42.5 Å². The first-order valence-corrected chi connectivity index (χ1v) is 18.0. The number of para-hydroxylation sites is 1. The molecule has 0 amide bonds. The Labute approximate surface area is 328 Å². The number of rotatable bonds is 4. The average Bonchev–Trinajstić information content (AvgIpc) is 3.73. The number of phenolic OH excluding ortho intramolecular Hbond substituents is 11. The molecule has 11 N–H and O–H groups in total. The molecule has 58 heavy (non-hydrogen) atoms. The molecule has 0 spiro atoms. The minimum Gasteiger partial charge on any atom is -0.508 e. The van der Waals surface area contributed by atoms with Crippen LogP contribution < -0.4 is 16.0 Å². The number of hydrogen-bond donors (Lipinski definition) is 11. The van der Waals surface area contributed by atoms with Crippen molar-refractivity contribution in [2.24, 2.45) is 0 Å². The largest absolute Gasteiger partial charge is 0.508 e. The number of fused-ring (bicyclic) bond motifs is 6. The number of aromatic nitrogens is 2. The second kappa shape index (κ2) is 12.4. The molecule has 0 atom stereocenters. The zero-order valence-corrected chi connectivity index (χ0v) is 30.7. The van der Waals surface area contributed by atoms with E-state index in [1.165, 1.54) is 18.4 Å². The van der Waals surface area contributed by atoms with Gasteiger partial charge in [-0.3, -0.25) is 0 Å². The van der Waals surface area contributed by atoms with Crippen molar-refractivity contribution < 1.29 is 56.2 Å². The molecule has 2 aromatic heterocycles. The van der Waals surface area contributed by atoms with Gasteiger partial charge in [0.25, 0.3) is 0 Å². The van der Waals surface area contributed by atoms with Crippen molar-refractivity contribution in [1.82, 2.24) is 9.13 Å². The fourth-order valence-electron chi connectivity index (χ4n) is 8.27. The molecular weight excluding hydrogens is 743 g/mol. The maximum atomic E-state index is 11.6. The van der Waals surface area contributed by atoms with Crippen molar-refractivity contribution in [1.29, 1.82) is 0 Å². The Balaban J connectivity index is 1.25. The second-order valence-electron chi connectivity index (χ2n) is 14.4. The van der Waals surface area contributed by atoms with E-state index >= 15 is 0 Å². The van der Waals surface area contributed by atoms with Crippen molar-refractivity contribution >= 4 is 58.2 Å². The van der Waals surface area contributed by atoms with Crippen LogP contribution in [0.2, 0.25) is 0 Å². The Morgan fingerprint density at radius 2 is 0.948 bits per heavy atom. The number of hydrogen-bond acceptors (Lipinski definition) is 11. The first-order chi connectivity index (χ1) is 27.6. The number of benzene rings is 6. The molecule has 0 unspecified atom stereocenters. The topological polar surface area (TPSA) is 232 Å². The van der Waals surface area contributed by atoms with Crippen LogP contribution in [0.15, 0.2) is 60.7 Å². The summed E-state index contributed by atoms with van der Waals surface area (Å²) in [6.45, 7) is 2.71. The quantitative estimate of drug-likeness (QED) is 0.0599. The van der Waals surface area contributed by atoms with Gasteiger partial charge in [0.15, 0.2) is 46.0 Å². The molecule has 0 bridgehead atoms. The molecular formula is C44H33BN2O11. The number of nitrogens with zero attached hydrogens (tertiary/aromatic N) is 2. The minimum absolute atomic E-state index is 0.00989. The van der Waals surface area contributed by atoms with Gasteiger partial charge in [-0.2, -0.15) is 0 Å². The van der Waals surface area contributed by atoms with Gasteiger partial charge in [-0.25, -0.2) is 0 Å². The normalized spacial score (nSPS) is 12.6. The van der Waals surface area contributed by atoms with E-state index in [9.17, 15) is 56.2 Å². The predicted octanol–water partition coefficient (Wildman–Crippen LogP) is 5.59. The Hall–Kier alpha value is -7.74. The molecule has 1 aliphatic carbocycles. The third kappa shape index (κ3) is 4.65. The van der Waals surface area contributed by atoms with Gasteiger partial charge < -0.3 is 65.3 Å². The van der Waals surface area contributed by atoms with E-state index < -0.39 is 79.8 Å². The molecule has 0 saturated heterocycles. The molecule has 2 radical (unpaired) electrons. The van der Waals surface area contributed by atoms with Gasteiger partial charge in [-0.15, -0.1) is 0 Å². The SMILES string of the molecule is [B]c1c(O)c(C)c(O)c(O)c1-c1c(O)c(O)c(-n2c3c(c4cc(-c5ccc6c(c5)c5ccccc5n6-c5c(O)c(C)c(O)c(O)c5O)ccc42)=CCCC=3)c(O)c1O.